The van der Waals surface area contributed by atoms with Crippen LogP contribution in [-0.4, -0.2) is 25.4 Å². The topological polar surface area (TPSA) is 55.7 Å². The summed E-state index contributed by atoms with van der Waals surface area (Å²) in [7, 11) is 0.335. The van der Waals surface area contributed by atoms with Crippen LogP contribution in [0, 0.1) is 0 Å². The fourth-order valence-electron chi connectivity index (χ4n) is 0.489. The van der Waals surface area contributed by atoms with E-state index in [0.717, 1.165) is 0 Å². The van der Waals surface area contributed by atoms with Gasteiger partial charge in [0.05, 0.1) is 0 Å². The lowest BCUT2D eigenvalue weighted by Gasteiger charge is -1.97. The van der Waals surface area contributed by atoms with E-state index in [-0.39, 0.29) is 11.2 Å². The molecule has 58 valence electrons. The largest absolute Gasteiger partial charge is 0.330 e. The highest BCUT2D eigenvalue weighted by Crippen LogP contribution is 2.22. The van der Waals surface area contributed by atoms with Gasteiger partial charge in [-0.25, -0.2) is 0 Å². The van der Waals surface area contributed by atoms with E-state index in [9.17, 15) is 9.36 Å². The normalized spacial score (nSPS) is 14.9. The van der Waals surface area contributed by atoms with Gasteiger partial charge in [0, 0.05) is 21.1 Å². The van der Waals surface area contributed by atoms with E-state index >= 15 is 0 Å². The fraction of sp³-hybridized carbons (Fsp3) is 0.600. The Morgan fingerprint density at radius 3 is 2.20 bits per heavy atom. The molecule has 1 unspecified atom stereocenters. The average Bonchev–Trinajstić information content (AvgIpc) is 1.88. The summed E-state index contributed by atoms with van der Waals surface area (Å²) in [5.41, 5.74) is 0.0347. The highest BCUT2D eigenvalue weighted by molar-refractivity contribution is 7.63. The number of carbonyl (C=O) groups is 1. The third-order valence-electron chi connectivity index (χ3n) is 0.936. The first kappa shape index (κ1) is 9.53. The van der Waals surface area contributed by atoms with Crippen LogP contribution >= 0.6 is 8.03 Å². The van der Waals surface area contributed by atoms with Crippen molar-refractivity contribution < 1.29 is 13.9 Å². The quantitative estimate of drug-likeness (QED) is 0.455. The predicted octanol–water partition coefficient (Wildman–Crippen LogP) is 0.725. The molecule has 0 spiro atoms. The van der Waals surface area contributed by atoms with E-state index in [4.69, 9.17) is 0 Å². The van der Waals surface area contributed by atoms with Crippen molar-refractivity contribution in [1.82, 2.24) is 0 Å². The first-order valence-corrected chi connectivity index (χ1v) is 4.01. The molecular weight excluding hydrogens is 153 g/mol. The first-order chi connectivity index (χ1) is 4.63. The summed E-state index contributed by atoms with van der Waals surface area (Å²) in [6, 6.07) is 0. The number of ketones is 1. The maximum atomic E-state index is 10.8. The standard InChI is InChI=1S/C5H10NO3P/c1-4(7)5(6-2)10(8)9-3/h10H,1-3H3/b6-5+. The minimum atomic E-state index is -2.37. The van der Waals surface area contributed by atoms with Gasteiger partial charge in [0.2, 0.25) is 8.03 Å². The molecule has 0 N–H and O–H groups in total. The molecule has 1 atom stereocenters. The molecule has 0 bridgehead atoms. The van der Waals surface area contributed by atoms with Gasteiger partial charge in [0.1, 0.15) is 0 Å². The van der Waals surface area contributed by atoms with E-state index in [1.165, 1.54) is 21.1 Å². The number of aliphatic imine (C=N–C) groups is 1. The second-order valence-corrected chi connectivity index (χ2v) is 3.08. The van der Waals surface area contributed by atoms with E-state index < -0.39 is 8.03 Å². The Kier molecular flexibility index (Phi) is 4.16. The molecule has 0 aliphatic heterocycles. The molecule has 0 saturated carbocycles. The molecule has 0 aromatic heterocycles. The van der Waals surface area contributed by atoms with E-state index in [2.05, 4.69) is 9.52 Å². The van der Waals surface area contributed by atoms with Gasteiger partial charge in [-0.3, -0.25) is 14.4 Å². The molecule has 0 heterocycles. The van der Waals surface area contributed by atoms with Crippen LogP contribution in [0.25, 0.3) is 0 Å². The summed E-state index contributed by atoms with van der Waals surface area (Å²) >= 11 is 0. The van der Waals surface area contributed by atoms with Gasteiger partial charge in [-0.2, -0.15) is 0 Å². The second-order valence-electron chi connectivity index (χ2n) is 1.62. The minimum Gasteiger partial charge on any atom is -0.330 e. The van der Waals surface area contributed by atoms with Gasteiger partial charge < -0.3 is 4.52 Å². The number of hydrogen-bond acceptors (Lipinski definition) is 4. The molecule has 0 saturated heterocycles. The number of nitrogens with zero attached hydrogens (tertiary/aromatic N) is 1. The summed E-state index contributed by atoms with van der Waals surface area (Å²) in [5, 5.41) is 0. The molecule has 0 fully saturated rings. The molecule has 0 radical (unpaired) electrons. The van der Waals surface area contributed by atoms with E-state index in [1.54, 1.807) is 0 Å². The molecule has 0 amide bonds. The molecule has 0 aliphatic rings. The molecule has 4 nitrogen and oxygen atoms in total. The van der Waals surface area contributed by atoms with Crippen LogP contribution in [0.2, 0.25) is 0 Å². The molecule has 0 rings (SSSR count). The molecule has 0 aromatic carbocycles. The van der Waals surface area contributed by atoms with Crippen LogP contribution in [0.1, 0.15) is 6.92 Å². The summed E-state index contributed by atoms with van der Waals surface area (Å²) in [6.45, 7) is 1.31. The lowest BCUT2D eigenvalue weighted by Crippen LogP contribution is -2.04. The first-order valence-electron chi connectivity index (χ1n) is 2.69. The van der Waals surface area contributed by atoms with Crippen molar-refractivity contribution >= 4 is 19.3 Å². The van der Waals surface area contributed by atoms with Crippen LogP contribution in [0.4, 0.5) is 0 Å². The number of carbonyl (C=O) groups excluding carboxylic acids is 1. The lowest BCUT2D eigenvalue weighted by atomic mass is 10.5. The van der Waals surface area contributed by atoms with Gasteiger partial charge >= 0.3 is 0 Å². The number of hydrogen-bond donors (Lipinski definition) is 0. The van der Waals surface area contributed by atoms with Crippen LogP contribution in [-0.2, 0) is 13.9 Å². The SMILES string of the molecule is C/N=C(\C(C)=O)[PH](=O)OC. The third kappa shape index (κ3) is 2.42. The van der Waals surface area contributed by atoms with Crippen LogP contribution < -0.4 is 0 Å². The molecule has 0 aromatic rings. The highest BCUT2D eigenvalue weighted by atomic mass is 31.1. The molecular formula is C5H10NO3P. The molecule has 10 heavy (non-hydrogen) atoms. The summed E-state index contributed by atoms with van der Waals surface area (Å²) in [6.07, 6.45) is 0. The van der Waals surface area contributed by atoms with Gasteiger partial charge in [-0.05, 0) is 0 Å². The Bertz CT molecular complexity index is 187. The second kappa shape index (κ2) is 4.36. The van der Waals surface area contributed by atoms with Gasteiger partial charge in [-0.15, -0.1) is 0 Å². The fourth-order valence-corrected chi connectivity index (χ4v) is 1.15. The number of Topliss-reactive ketones (excluding diaryl/α,β-unsaturated/α-hetero) is 1. The maximum Gasteiger partial charge on any atom is 0.241 e. The lowest BCUT2D eigenvalue weighted by molar-refractivity contribution is -0.110. The van der Waals surface area contributed by atoms with Crippen molar-refractivity contribution in [3.8, 4) is 0 Å². The zero-order valence-corrected chi connectivity index (χ0v) is 7.17. The summed E-state index contributed by atoms with van der Waals surface area (Å²) < 4.78 is 15.3. The van der Waals surface area contributed by atoms with Crippen LogP contribution in [0.5, 0.6) is 0 Å². The van der Waals surface area contributed by atoms with Crippen molar-refractivity contribution in [2.45, 2.75) is 6.92 Å². The van der Waals surface area contributed by atoms with Crippen LogP contribution in [0.15, 0.2) is 4.99 Å². The van der Waals surface area contributed by atoms with Crippen molar-refractivity contribution in [3.63, 3.8) is 0 Å². The zero-order valence-electron chi connectivity index (χ0n) is 6.17. The molecule has 5 heteroatoms. The van der Waals surface area contributed by atoms with Crippen molar-refractivity contribution in [2.24, 2.45) is 4.99 Å². The Balaban J connectivity index is 4.39. The Morgan fingerprint density at radius 2 is 2.10 bits per heavy atom. The van der Waals surface area contributed by atoms with Gasteiger partial charge in [0.25, 0.3) is 0 Å². The monoisotopic (exact) mass is 163 g/mol. The van der Waals surface area contributed by atoms with Crippen LogP contribution in [0.3, 0.4) is 0 Å². The van der Waals surface area contributed by atoms with Crippen molar-refractivity contribution in [1.29, 1.82) is 0 Å². The third-order valence-corrected chi connectivity index (χ3v) is 2.27. The van der Waals surface area contributed by atoms with Gasteiger partial charge in [-0.1, -0.05) is 0 Å². The summed E-state index contributed by atoms with van der Waals surface area (Å²) in [5.74, 6) is -0.298. The molecule has 0 aliphatic carbocycles. The van der Waals surface area contributed by atoms with Crippen molar-refractivity contribution in [2.75, 3.05) is 14.2 Å². The number of rotatable bonds is 3. The zero-order chi connectivity index (χ0) is 8.15. The van der Waals surface area contributed by atoms with E-state index in [1.807, 2.05) is 0 Å². The minimum absolute atomic E-state index is 0.0347. The van der Waals surface area contributed by atoms with Gasteiger partial charge in [0.15, 0.2) is 11.2 Å². The highest BCUT2D eigenvalue weighted by Gasteiger charge is 2.11. The Labute approximate surface area is 60.2 Å². The Morgan fingerprint density at radius 1 is 1.60 bits per heavy atom. The van der Waals surface area contributed by atoms with E-state index in [0.29, 0.717) is 0 Å². The van der Waals surface area contributed by atoms with Crippen molar-refractivity contribution in [3.05, 3.63) is 0 Å². The Hall–Kier alpha value is -0.470. The smallest absolute Gasteiger partial charge is 0.241 e. The predicted molar refractivity (Wildman–Crippen MR) is 40.1 cm³/mol. The summed E-state index contributed by atoms with van der Waals surface area (Å²) in [4.78, 5) is 14.1. The average molecular weight is 163 g/mol. The maximum absolute atomic E-state index is 10.8.